The van der Waals surface area contributed by atoms with Crippen molar-refractivity contribution in [3.05, 3.63) is 29.8 Å². The molecule has 0 aromatic heterocycles. The van der Waals surface area contributed by atoms with Crippen LogP contribution in [0.4, 0.5) is 0 Å². The second-order valence-corrected chi connectivity index (χ2v) is 5.90. The van der Waals surface area contributed by atoms with E-state index in [1.807, 2.05) is 0 Å². The normalized spacial score (nSPS) is 11.1. The van der Waals surface area contributed by atoms with E-state index in [4.69, 9.17) is 14.6 Å². The fourth-order valence-corrected chi connectivity index (χ4v) is 2.10. The van der Waals surface area contributed by atoms with Gasteiger partial charge in [-0.15, -0.1) is 0 Å². The van der Waals surface area contributed by atoms with Crippen LogP contribution in [0.25, 0.3) is 0 Å². The van der Waals surface area contributed by atoms with Crippen LogP contribution in [0.1, 0.15) is 30.1 Å². The first-order chi connectivity index (χ1) is 9.42. The lowest BCUT2D eigenvalue weighted by atomic mass is 10.2. The van der Waals surface area contributed by atoms with Crippen molar-refractivity contribution in [3.8, 4) is 5.75 Å². The molecule has 0 heterocycles. The topological polar surface area (TPSA) is 95.7 Å². The number of carbonyl (C=O) groups is 1. The number of benzene rings is 1. The second-order valence-electron chi connectivity index (χ2n) is 4.17. The fraction of sp³-hybridized carbons (Fsp3) is 0.462. The molecule has 0 aliphatic carbocycles. The zero-order valence-electron chi connectivity index (χ0n) is 11.4. The Morgan fingerprint density at radius 2 is 1.85 bits per heavy atom. The van der Waals surface area contributed by atoms with Crippen LogP contribution in [0.15, 0.2) is 24.3 Å². The molecule has 1 rings (SSSR count). The smallest absolute Gasteiger partial charge is 0.338 e. The number of sulfonamides is 1. The molecule has 0 unspecified atom stereocenters. The van der Waals surface area contributed by atoms with Gasteiger partial charge in [-0.1, -0.05) is 0 Å². The summed E-state index contributed by atoms with van der Waals surface area (Å²) in [5.74, 6) is 0.207. The molecule has 1 aromatic rings. The molecular formula is C13H19NO5S. The minimum atomic E-state index is -3.40. The predicted molar refractivity (Wildman–Crippen MR) is 75.1 cm³/mol. The summed E-state index contributed by atoms with van der Waals surface area (Å²) in [6.45, 7) is 2.48. The van der Waals surface area contributed by atoms with Gasteiger partial charge in [0, 0.05) is 0 Å². The number of esters is 1. The molecule has 0 fully saturated rings. The van der Waals surface area contributed by atoms with Crippen LogP contribution in [-0.4, -0.2) is 33.4 Å². The van der Waals surface area contributed by atoms with E-state index in [0.717, 1.165) is 0 Å². The highest BCUT2D eigenvalue weighted by atomic mass is 32.2. The van der Waals surface area contributed by atoms with Crippen LogP contribution < -0.4 is 9.88 Å². The van der Waals surface area contributed by atoms with E-state index >= 15 is 0 Å². The summed E-state index contributed by atoms with van der Waals surface area (Å²) < 4.78 is 31.7. The lowest BCUT2D eigenvalue weighted by Crippen LogP contribution is -2.16. The van der Waals surface area contributed by atoms with E-state index < -0.39 is 10.0 Å². The number of hydrogen-bond acceptors (Lipinski definition) is 5. The van der Waals surface area contributed by atoms with Crippen molar-refractivity contribution in [1.82, 2.24) is 0 Å². The maximum Gasteiger partial charge on any atom is 0.338 e. The number of primary sulfonamides is 1. The van der Waals surface area contributed by atoms with Crippen molar-refractivity contribution in [1.29, 1.82) is 0 Å². The monoisotopic (exact) mass is 301 g/mol. The fourth-order valence-electron chi connectivity index (χ4n) is 1.50. The summed E-state index contributed by atoms with van der Waals surface area (Å²) in [7, 11) is -3.40. The number of nitrogens with two attached hydrogens (primary N) is 1. The van der Waals surface area contributed by atoms with Crippen LogP contribution in [0.2, 0.25) is 0 Å². The van der Waals surface area contributed by atoms with Crippen LogP contribution in [0.3, 0.4) is 0 Å². The number of unbranched alkanes of at least 4 members (excludes halogenated alkanes) is 1. The summed E-state index contributed by atoms with van der Waals surface area (Å²) in [6, 6.07) is 6.59. The SMILES string of the molecule is CCOC(=O)c1ccc(OCCCCS(N)(=O)=O)cc1. The van der Waals surface area contributed by atoms with Crippen molar-refractivity contribution < 1.29 is 22.7 Å². The van der Waals surface area contributed by atoms with E-state index in [0.29, 0.717) is 37.4 Å². The van der Waals surface area contributed by atoms with E-state index in [1.165, 1.54) is 0 Å². The summed E-state index contributed by atoms with van der Waals surface area (Å²) in [5.41, 5.74) is 0.466. The highest BCUT2D eigenvalue weighted by molar-refractivity contribution is 7.89. The number of rotatable bonds is 8. The lowest BCUT2D eigenvalue weighted by molar-refractivity contribution is 0.0526. The first-order valence-corrected chi connectivity index (χ1v) is 8.04. The summed E-state index contributed by atoms with van der Waals surface area (Å²) >= 11 is 0. The Balaban J connectivity index is 2.33. The van der Waals surface area contributed by atoms with Crippen molar-refractivity contribution in [2.45, 2.75) is 19.8 Å². The molecule has 0 bridgehead atoms. The van der Waals surface area contributed by atoms with Crippen molar-refractivity contribution >= 4 is 16.0 Å². The molecule has 1 aromatic carbocycles. The highest BCUT2D eigenvalue weighted by Crippen LogP contribution is 2.13. The molecule has 0 saturated carbocycles. The maximum absolute atomic E-state index is 11.4. The Bertz CT molecular complexity index is 524. The first-order valence-electron chi connectivity index (χ1n) is 6.33. The van der Waals surface area contributed by atoms with E-state index in [-0.39, 0.29) is 11.7 Å². The Kier molecular flexibility index (Phi) is 6.47. The molecule has 2 N–H and O–H groups in total. The van der Waals surface area contributed by atoms with Crippen molar-refractivity contribution in [2.75, 3.05) is 19.0 Å². The van der Waals surface area contributed by atoms with Crippen molar-refractivity contribution in [3.63, 3.8) is 0 Å². The van der Waals surface area contributed by atoms with Crippen LogP contribution in [-0.2, 0) is 14.8 Å². The molecule has 0 saturated heterocycles. The Labute approximate surface area is 118 Å². The van der Waals surface area contributed by atoms with Gasteiger partial charge in [0.1, 0.15) is 5.75 Å². The predicted octanol–water partition coefficient (Wildman–Crippen LogP) is 1.31. The van der Waals surface area contributed by atoms with Gasteiger partial charge in [-0.25, -0.2) is 18.4 Å². The number of hydrogen-bond donors (Lipinski definition) is 1. The minimum absolute atomic E-state index is 0.0435. The quantitative estimate of drug-likeness (QED) is 0.577. The molecular weight excluding hydrogens is 282 g/mol. The van der Waals surface area contributed by atoms with Gasteiger partial charge in [0.2, 0.25) is 10.0 Å². The Morgan fingerprint density at radius 3 is 2.40 bits per heavy atom. The molecule has 0 atom stereocenters. The molecule has 0 spiro atoms. The zero-order valence-corrected chi connectivity index (χ0v) is 12.2. The van der Waals surface area contributed by atoms with Gasteiger partial charge in [0.15, 0.2) is 0 Å². The molecule has 0 aliphatic rings. The standard InChI is InChI=1S/C13H19NO5S/c1-2-18-13(15)11-5-7-12(8-6-11)19-9-3-4-10-20(14,16)17/h5-8H,2-4,9-10H2,1H3,(H2,14,16,17). The average molecular weight is 301 g/mol. The summed E-state index contributed by atoms with van der Waals surface area (Å²) in [5, 5.41) is 4.89. The van der Waals surface area contributed by atoms with Crippen LogP contribution in [0, 0.1) is 0 Å². The molecule has 0 radical (unpaired) electrons. The average Bonchev–Trinajstić information content (AvgIpc) is 2.38. The van der Waals surface area contributed by atoms with Gasteiger partial charge >= 0.3 is 5.97 Å². The van der Waals surface area contributed by atoms with Crippen LogP contribution in [0.5, 0.6) is 5.75 Å². The van der Waals surface area contributed by atoms with E-state index in [9.17, 15) is 13.2 Å². The molecule has 0 aliphatic heterocycles. The third kappa shape index (κ3) is 6.53. The molecule has 112 valence electrons. The summed E-state index contributed by atoms with van der Waals surface area (Å²) in [6.07, 6.45) is 1.05. The molecule has 0 amide bonds. The molecule has 20 heavy (non-hydrogen) atoms. The van der Waals surface area contributed by atoms with Gasteiger partial charge < -0.3 is 9.47 Å². The van der Waals surface area contributed by atoms with Crippen molar-refractivity contribution in [2.24, 2.45) is 5.14 Å². The largest absolute Gasteiger partial charge is 0.494 e. The first kappa shape index (κ1) is 16.5. The third-order valence-corrected chi connectivity index (χ3v) is 3.32. The third-order valence-electron chi connectivity index (χ3n) is 2.46. The number of ether oxygens (including phenoxy) is 2. The van der Waals surface area contributed by atoms with E-state index in [2.05, 4.69) is 0 Å². The lowest BCUT2D eigenvalue weighted by Gasteiger charge is -2.07. The number of carbonyl (C=O) groups excluding carboxylic acids is 1. The minimum Gasteiger partial charge on any atom is -0.494 e. The Morgan fingerprint density at radius 1 is 1.20 bits per heavy atom. The maximum atomic E-state index is 11.4. The van der Waals surface area contributed by atoms with Crippen LogP contribution >= 0.6 is 0 Å². The summed E-state index contributed by atoms with van der Waals surface area (Å²) in [4.78, 5) is 11.4. The van der Waals surface area contributed by atoms with Gasteiger partial charge in [-0.05, 0) is 44.0 Å². The molecule has 6 nitrogen and oxygen atoms in total. The molecule has 7 heteroatoms. The zero-order chi connectivity index (χ0) is 15.0. The van der Waals surface area contributed by atoms with Gasteiger partial charge in [-0.2, -0.15) is 0 Å². The van der Waals surface area contributed by atoms with Gasteiger partial charge in [0.05, 0.1) is 24.5 Å². The highest BCUT2D eigenvalue weighted by Gasteiger charge is 2.06. The van der Waals surface area contributed by atoms with E-state index in [1.54, 1.807) is 31.2 Å². The second kappa shape index (κ2) is 7.86. The Hall–Kier alpha value is -1.60. The van der Waals surface area contributed by atoms with Gasteiger partial charge in [-0.3, -0.25) is 0 Å². The van der Waals surface area contributed by atoms with Gasteiger partial charge in [0.25, 0.3) is 0 Å².